The van der Waals surface area contributed by atoms with E-state index in [2.05, 4.69) is 44.5 Å². The van der Waals surface area contributed by atoms with Crippen molar-refractivity contribution < 1.29 is 9.53 Å². The normalized spacial score (nSPS) is 21.4. The van der Waals surface area contributed by atoms with E-state index < -0.39 is 0 Å². The zero-order valence-corrected chi connectivity index (χ0v) is 19.4. The van der Waals surface area contributed by atoms with Gasteiger partial charge in [-0.2, -0.15) is 15.5 Å². The van der Waals surface area contributed by atoms with Gasteiger partial charge in [-0.1, -0.05) is 6.07 Å². The van der Waals surface area contributed by atoms with Crippen LogP contribution in [0.5, 0.6) is 0 Å². The highest BCUT2D eigenvalue weighted by atomic mass is 16.5. The summed E-state index contributed by atoms with van der Waals surface area (Å²) in [5.41, 5.74) is 7.78. The average molecular weight is 458 g/mol. The predicted molar refractivity (Wildman–Crippen MR) is 126 cm³/mol. The Hall–Kier alpha value is -3.64. The van der Waals surface area contributed by atoms with Crippen molar-refractivity contribution in [2.45, 2.75) is 39.2 Å². The maximum atomic E-state index is 12.6. The van der Waals surface area contributed by atoms with Crippen LogP contribution < -0.4 is 4.90 Å². The number of anilines is 2. The van der Waals surface area contributed by atoms with Crippen molar-refractivity contribution in [1.29, 1.82) is 5.26 Å². The molecule has 0 aliphatic carbocycles. The summed E-state index contributed by atoms with van der Waals surface area (Å²) < 4.78 is 5.72. The molecule has 2 N–H and O–H groups in total. The second kappa shape index (κ2) is 7.99. The second-order valence-electron chi connectivity index (χ2n) is 9.40. The maximum absolute atomic E-state index is 12.6. The molecular weight excluding hydrogens is 430 g/mol. The van der Waals surface area contributed by atoms with Gasteiger partial charge in [-0.15, -0.1) is 0 Å². The van der Waals surface area contributed by atoms with Gasteiger partial charge in [0, 0.05) is 67.2 Å². The third-order valence-corrected chi connectivity index (χ3v) is 7.49. The number of H-pyrrole nitrogens is 2. The topological polar surface area (TPSA) is 114 Å². The molecule has 0 saturated carbocycles. The molecule has 34 heavy (non-hydrogen) atoms. The molecule has 3 aliphatic heterocycles. The van der Waals surface area contributed by atoms with Gasteiger partial charge in [0.2, 0.25) is 5.91 Å². The fraction of sp³-hybridized carbons (Fsp3) is 0.440. The molecule has 1 unspecified atom stereocenters. The molecule has 2 atom stereocenters. The predicted octanol–water partition coefficient (Wildman–Crippen LogP) is 3.16. The number of carbonyl (C=O) groups excluding carboxylic acids is 1. The molecule has 6 rings (SSSR count). The first-order chi connectivity index (χ1) is 16.6. The zero-order chi connectivity index (χ0) is 23.4. The number of carbonyl (C=O) groups is 1. The first-order valence-electron chi connectivity index (χ1n) is 11.8. The summed E-state index contributed by atoms with van der Waals surface area (Å²) in [5, 5.41) is 24.6. The van der Waals surface area contributed by atoms with Crippen LogP contribution in [0.4, 0.5) is 11.5 Å². The standard InChI is InChI=1S/C25H27N7O2/c1-14-22(20(12-26)29-27-14)17-3-4-21-16(11-17)5-8-32(21)25-23-19(28-30-25)6-9-31(15(2)33)24(23)18-7-10-34-13-18/h3-4,11,18,24H,5-10,13H2,1-2H3,(H,27,29)(H,28,30)/t18?,24-/m1/s1. The minimum absolute atomic E-state index is 0.0208. The number of rotatable bonds is 3. The Morgan fingerprint density at radius 1 is 1.24 bits per heavy atom. The molecule has 1 aromatic carbocycles. The number of nitrogens with one attached hydrogen (secondary N) is 2. The highest BCUT2D eigenvalue weighted by Gasteiger charge is 2.41. The Bertz CT molecular complexity index is 1310. The number of fused-ring (bicyclic) bond motifs is 2. The molecule has 1 amide bonds. The van der Waals surface area contributed by atoms with E-state index in [1.54, 1.807) is 6.92 Å². The lowest BCUT2D eigenvalue weighted by Gasteiger charge is -2.39. The van der Waals surface area contributed by atoms with Gasteiger partial charge in [0.05, 0.1) is 12.6 Å². The molecule has 174 valence electrons. The summed E-state index contributed by atoms with van der Waals surface area (Å²) in [5.74, 6) is 1.30. The van der Waals surface area contributed by atoms with Crippen LogP contribution >= 0.6 is 0 Å². The monoisotopic (exact) mass is 457 g/mol. The fourth-order valence-corrected chi connectivity index (χ4v) is 5.90. The van der Waals surface area contributed by atoms with Crippen LogP contribution in [0.15, 0.2) is 18.2 Å². The third-order valence-electron chi connectivity index (χ3n) is 7.49. The summed E-state index contributed by atoms with van der Waals surface area (Å²) in [4.78, 5) is 16.8. The van der Waals surface area contributed by atoms with Gasteiger partial charge in [-0.3, -0.25) is 15.0 Å². The van der Waals surface area contributed by atoms with E-state index in [1.165, 1.54) is 5.56 Å². The van der Waals surface area contributed by atoms with Gasteiger partial charge in [0.1, 0.15) is 6.07 Å². The highest BCUT2D eigenvalue weighted by molar-refractivity contribution is 5.79. The van der Waals surface area contributed by atoms with Crippen molar-refractivity contribution in [2.24, 2.45) is 5.92 Å². The maximum Gasteiger partial charge on any atom is 0.219 e. The summed E-state index contributed by atoms with van der Waals surface area (Å²) in [6, 6.07) is 8.50. The minimum atomic E-state index is -0.0208. The van der Waals surface area contributed by atoms with Crippen LogP contribution in [0, 0.1) is 24.2 Å². The number of aromatic nitrogens is 4. The van der Waals surface area contributed by atoms with Crippen LogP contribution in [0.3, 0.4) is 0 Å². The summed E-state index contributed by atoms with van der Waals surface area (Å²) >= 11 is 0. The molecule has 1 fully saturated rings. The van der Waals surface area contributed by atoms with Crippen molar-refractivity contribution in [1.82, 2.24) is 25.3 Å². The molecule has 0 radical (unpaired) electrons. The van der Waals surface area contributed by atoms with Gasteiger partial charge in [0.25, 0.3) is 0 Å². The number of hydrogen-bond acceptors (Lipinski definition) is 6. The van der Waals surface area contributed by atoms with E-state index in [-0.39, 0.29) is 17.9 Å². The number of ether oxygens (including phenoxy) is 1. The van der Waals surface area contributed by atoms with E-state index in [0.29, 0.717) is 18.8 Å². The van der Waals surface area contributed by atoms with Crippen molar-refractivity contribution in [2.75, 3.05) is 31.2 Å². The van der Waals surface area contributed by atoms with Gasteiger partial charge in [0.15, 0.2) is 11.5 Å². The van der Waals surface area contributed by atoms with Gasteiger partial charge in [-0.05, 0) is 43.0 Å². The van der Waals surface area contributed by atoms with E-state index in [4.69, 9.17) is 9.84 Å². The highest BCUT2D eigenvalue weighted by Crippen LogP contribution is 2.46. The molecule has 2 aromatic heterocycles. The number of aryl methyl sites for hydroxylation is 1. The van der Waals surface area contributed by atoms with Gasteiger partial charge >= 0.3 is 0 Å². The van der Waals surface area contributed by atoms with Crippen LogP contribution in [0.1, 0.15) is 47.6 Å². The van der Waals surface area contributed by atoms with E-state index in [9.17, 15) is 10.1 Å². The Labute approximate surface area is 197 Å². The van der Waals surface area contributed by atoms with Crippen molar-refractivity contribution >= 4 is 17.4 Å². The molecule has 9 nitrogen and oxygen atoms in total. The molecule has 5 heterocycles. The van der Waals surface area contributed by atoms with Crippen molar-refractivity contribution in [3.05, 3.63) is 46.4 Å². The molecule has 0 spiro atoms. The summed E-state index contributed by atoms with van der Waals surface area (Å²) in [6.45, 7) is 6.53. The zero-order valence-electron chi connectivity index (χ0n) is 19.4. The average Bonchev–Trinajstić information content (AvgIpc) is 3.63. The molecular formula is C25H27N7O2. The molecule has 0 bridgehead atoms. The quantitative estimate of drug-likeness (QED) is 0.625. The van der Waals surface area contributed by atoms with Crippen molar-refractivity contribution in [3.8, 4) is 17.2 Å². The minimum Gasteiger partial charge on any atom is -0.381 e. The number of hydrogen-bond donors (Lipinski definition) is 2. The SMILES string of the molecule is CC(=O)N1CCc2[nH]nc(N3CCc4cc(-c5c(C#N)n[nH]c5C)ccc43)c2[C@H]1C1CCOC1. The second-order valence-corrected chi connectivity index (χ2v) is 9.40. The van der Waals surface area contributed by atoms with Crippen LogP contribution in [-0.4, -0.2) is 57.5 Å². The van der Waals surface area contributed by atoms with Gasteiger partial charge < -0.3 is 14.5 Å². The van der Waals surface area contributed by atoms with Crippen LogP contribution in [-0.2, 0) is 22.4 Å². The molecule has 3 aliphatic rings. The molecule has 1 saturated heterocycles. The number of amides is 1. The Morgan fingerprint density at radius 3 is 2.88 bits per heavy atom. The number of aromatic amines is 2. The Balaban J connectivity index is 1.40. The third kappa shape index (κ3) is 3.13. The fourth-order valence-electron chi connectivity index (χ4n) is 5.90. The lowest BCUT2D eigenvalue weighted by atomic mass is 9.86. The van der Waals surface area contributed by atoms with Crippen LogP contribution in [0.2, 0.25) is 0 Å². The lowest BCUT2D eigenvalue weighted by molar-refractivity contribution is -0.133. The number of benzene rings is 1. The Morgan fingerprint density at radius 2 is 2.12 bits per heavy atom. The van der Waals surface area contributed by atoms with Crippen molar-refractivity contribution in [3.63, 3.8) is 0 Å². The van der Waals surface area contributed by atoms with E-state index in [1.807, 2.05) is 11.8 Å². The van der Waals surface area contributed by atoms with E-state index >= 15 is 0 Å². The molecule has 9 heteroatoms. The molecule has 3 aromatic rings. The summed E-state index contributed by atoms with van der Waals surface area (Å²) in [6.07, 6.45) is 2.61. The number of nitriles is 1. The smallest absolute Gasteiger partial charge is 0.219 e. The first-order valence-corrected chi connectivity index (χ1v) is 11.8. The Kier molecular flexibility index (Phi) is 4.92. The largest absolute Gasteiger partial charge is 0.381 e. The summed E-state index contributed by atoms with van der Waals surface area (Å²) in [7, 11) is 0. The van der Waals surface area contributed by atoms with Crippen LogP contribution in [0.25, 0.3) is 11.1 Å². The lowest BCUT2D eigenvalue weighted by Crippen LogP contribution is -2.42. The first kappa shape index (κ1) is 20.9. The number of nitrogens with zero attached hydrogens (tertiary/aromatic N) is 5. The van der Waals surface area contributed by atoms with E-state index in [0.717, 1.165) is 72.0 Å². The van der Waals surface area contributed by atoms with Gasteiger partial charge in [-0.25, -0.2) is 0 Å².